The SMILES string of the molecule is CCNC(C)CC(C)C1CCCCCC1. The molecule has 1 rings (SSSR count). The van der Waals surface area contributed by atoms with Crippen molar-refractivity contribution in [2.24, 2.45) is 11.8 Å². The van der Waals surface area contributed by atoms with E-state index < -0.39 is 0 Å². The molecule has 1 N–H and O–H groups in total. The molecule has 0 aromatic carbocycles. The minimum Gasteiger partial charge on any atom is -0.315 e. The van der Waals surface area contributed by atoms with Gasteiger partial charge in [0.05, 0.1) is 0 Å². The molecule has 1 nitrogen and oxygen atoms in total. The zero-order valence-corrected chi connectivity index (χ0v) is 10.9. The van der Waals surface area contributed by atoms with Crippen LogP contribution in [0, 0.1) is 11.8 Å². The lowest BCUT2D eigenvalue weighted by atomic mass is 9.83. The summed E-state index contributed by atoms with van der Waals surface area (Å²) in [4.78, 5) is 0. The first-order chi connectivity index (χ1) is 7.24. The molecule has 2 unspecified atom stereocenters. The van der Waals surface area contributed by atoms with E-state index in [0.717, 1.165) is 18.4 Å². The van der Waals surface area contributed by atoms with Gasteiger partial charge in [-0.15, -0.1) is 0 Å². The molecular formula is C14H29N. The number of rotatable bonds is 5. The quantitative estimate of drug-likeness (QED) is 0.678. The molecule has 0 saturated heterocycles. The first-order valence-electron chi connectivity index (χ1n) is 6.97. The van der Waals surface area contributed by atoms with Gasteiger partial charge in [-0.1, -0.05) is 52.4 Å². The van der Waals surface area contributed by atoms with E-state index in [1.54, 1.807) is 0 Å². The average molecular weight is 211 g/mol. The molecule has 2 atom stereocenters. The Morgan fingerprint density at radius 3 is 2.20 bits per heavy atom. The highest BCUT2D eigenvalue weighted by Crippen LogP contribution is 2.31. The van der Waals surface area contributed by atoms with E-state index in [9.17, 15) is 0 Å². The van der Waals surface area contributed by atoms with Crippen molar-refractivity contribution in [1.82, 2.24) is 5.32 Å². The fourth-order valence-corrected chi connectivity index (χ4v) is 3.06. The molecule has 1 aliphatic carbocycles. The number of nitrogens with one attached hydrogen (secondary N) is 1. The van der Waals surface area contributed by atoms with Gasteiger partial charge in [0, 0.05) is 6.04 Å². The molecule has 90 valence electrons. The van der Waals surface area contributed by atoms with E-state index >= 15 is 0 Å². The Morgan fingerprint density at radius 2 is 1.67 bits per heavy atom. The van der Waals surface area contributed by atoms with E-state index in [-0.39, 0.29) is 0 Å². The minimum atomic E-state index is 0.702. The van der Waals surface area contributed by atoms with Crippen LogP contribution in [0.2, 0.25) is 0 Å². The summed E-state index contributed by atoms with van der Waals surface area (Å²) in [6.07, 6.45) is 10.2. The molecular weight excluding hydrogens is 182 g/mol. The van der Waals surface area contributed by atoms with Gasteiger partial charge in [0.15, 0.2) is 0 Å². The van der Waals surface area contributed by atoms with Crippen LogP contribution < -0.4 is 5.32 Å². The van der Waals surface area contributed by atoms with E-state index in [0.29, 0.717) is 6.04 Å². The first kappa shape index (κ1) is 13.0. The number of hydrogen-bond donors (Lipinski definition) is 1. The molecule has 0 amide bonds. The van der Waals surface area contributed by atoms with Crippen LogP contribution in [0.1, 0.15) is 65.7 Å². The molecule has 0 heterocycles. The predicted molar refractivity (Wildman–Crippen MR) is 68.1 cm³/mol. The first-order valence-corrected chi connectivity index (χ1v) is 6.97. The summed E-state index contributed by atoms with van der Waals surface area (Å²) in [6.45, 7) is 8.10. The molecule has 1 aliphatic rings. The summed E-state index contributed by atoms with van der Waals surface area (Å²) in [6, 6.07) is 0.702. The van der Waals surface area contributed by atoms with Crippen LogP contribution in [0.4, 0.5) is 0 Å². The molecule has 0 aromatic rings. The summed E-state index contributed by atoms with van der Waals surface area (Å²) >= 11 is 0. The molecule has 15 heavy (non-hydrogen) atoms. The largest absolute Gasteiger partial charge is 0.315 e. The molecule has 1 fully saturated rings. The van der Waals surface area contributed by atoms with Crippen LogP contribution >= 0.6 is 0 Å². The van der Waals surface area contributed by atoms with E-state index in [2.05, 4.69) is 26.1 Å². The Hall–Kier alpha value is -0.0400. The smallest absolute Gasteiger partial charge is 0.00412 e. The third kappa shape index (κ3) is 5.01. The highest BCUT2D eigenvalue weighted by Gasteiger charge is 2.20. The van der Waals surface area contributed by atoms with E-state index in [1.807, 2.05) is 0 Å². The average Bonchev–Trinajstić information content (AvgIpc) is 2.45. The van der Waals surface area contributed by atoms with Crippen LogP contribution in [0.15, 0.2) is 0 Å². The van der Waals surface area contributed by atoms with Gasteiger partial charge in [-0.05, 0) is 31.7 Å². The third-order valence-electron chi connectivity index (χ3n) is 3.98. The Morgan fingerprint density at radius 1 is 1.07 bits per heavy atom. The van der Waals surface area contributed by atoms with Gasteiger partial charge in [-0.3, -0.25) is 0 Å². The lowest BCUT2D eigenvalue weighted by Crippen LogP contribution is -2.29. The second-order valence-corrected chi connectivity index (χ2v) is 5.42. The topological polar surface area (TPSA) is 12.0 Å². The predicted octanol–water partition coefficient (Wildman–Crippen LogP) is 3.98. The van der Waals surface area contributed by atoms with Gasteiger partial charge < -0.3 is 5.32 Å². The van der Waals surface area contributed by atoms with Crippen molar-refractivity contribution in [3.05, 3.63) is 0 Å². The van der Waals surface area contributed by atoms with Gasteiger partial charge in [0.25, 0.3) is 0 Å². The monoisotopic (exact) mass is 211 g/mol. The summed E-state index contributed by atoms with van der Waals surface area (Å²) in [5, 5.41) is 3.53. The maximum Gasteiger partial charge on any atom is 0.00412 e. The summed E-state index contributed by atoms with van der Waals surface area (Å²) in [7, 11) is 0. The van der Waals surface area contributed by atoms with Crippen molar-refractivity contribution in [1.29, 1.82) is 0 Å². The minimum absolute atomic E-state index is 0.702. The molecule has 0 aliphatic heterocycles. The molecule has 0 spiro atoms. The summed E-state index contributed by atoms with van der Waals surface area (Å²) in [5.41, 5.74) is 0. The highest BCUT2D eigenvalue weighted by molar-refractivity contribution is 4.73. The Bertz CT molecular complexity index is 147. The van der Waals surface area contributed by atoms with Crippen molar-refractivity contribution >= 4 is 0 Å². The van der Waals surface area contributed by atoms with E-state index in [1.165, 1.54) is 44.9 Å². The van der Waals surface area contributed by atoms with Gasteiger partial charge in [-0.25, -0.2) is 0 Å². The summed E-state index contributed by atoms with van der Waals surface area (Å²) < 4.78 is 0. The van der Waals surface area contributed by atoms with Crippen molar-refractivity contribution < 1.29 is 0 Å². The summed E-state index contributed by atoms with van der Waals surface area (Å²) in [5.74, 6) is 1.92. The van der Waals surface area contributed by atoms with E-state index in [4.69, 9.17) is 0 Å². The van der Waals surface area contributed by atoms with Gasteiger partial charge in [0.1, 0.15) is 0 Å². The zero-order chi connectivity index (χ0) is 11.1. The standard InChI is InChI=1S/C14H29N/c1-4-15-13(3)11-12(2)14-9-7-5-6-8-10-14/h12-15H,4-11H2,1-3H3. The van der Waals surface area contributed by atoms with Crippen LogP contribution in [0.3, 0.4) is 0 Å². The molecule has 0 bridgehead atoms. The normalized spacial score (nSPS) is 23.4. The van der Waals surface area contributed by atoms with Gasteiger partial charge in [-0.2, -0.15) is 0 Å². The van der Waals surface area contributed by atoms with Crippen LogP contribution in [0.25, 0.3) is 0 Å². The van der Waals surface area contributed by atoms with Gasteiger partial charge in [0.2, 0.25) is 0 Å². The Labute approximate surface area is 96.0 Å². The van der Waals surface area contributed by atoms with Crippen LogP contribution in [-0.2, 0) is 0 Å². The highest BCUT2D eigenvalue weighted by atomic mass is 14.9. The zero-order valence-electron chi connectivity index (χ0n) is 10.9. The van der Waals surface area contributed by atoms with Gasteiger partial charge >= 0.3 is 0 Å². The Kier molecular flexibility index (Phi) is 6.31. The second kappa shape index (κ2) is 7.27. The lowest BCUT2D eigenvalue weighted by molar-refractivity contribution is 0.278. The third-order valence-corrected chi connectivity index (χ3v) is 3.98. The van der Waals surface area contributed by atoms with Crippen molar-refractivity contribution in [3.63, 3.8) is 0 Å². The maximum atomic E-state index is 3.53. The fraction of sp³-hybridized carbons (Fsp3) is 1.00. The van der Waals surface area contributed by atoms with Crippen molar-refractivity contribution in [3.8, 4) is 0 Å². The van der Waals surface area contributed by atoms with Crippen molar-refractivity contribution in [2.45, 2.75) is 71.8 Å². The fourth-order valence-electron chi connectivity index (χ4n) is 3.06. The number of hydrogen-bond acceptors (Lipinski definition) is 1. The molecule has 0 radical (unpaired) electrons. The lowest BCUT2D eigenvalue weighted by Gasteiger charge is -2.25. The molecule has 0 aromatic heterocycles. The van der Waals surface area contributed by atoms with Crippen LogP contribution in [-0.4, -0.2) is 12.6 Å². The molecule has 1 saturated carbocycles. The van der Waals surface area contributed by atoms with Crippen LogP contribution in [0.5, 0.6) is 0 Å². The van der Waals surface area contributed by atoms with Crippen molar-refractivity contribution in [2.75, 3.05) is 6.54 Å². The second-order valence-electron chi connectivity index (χ2n) is 5.42. The Balaban J connectivity index is 2.27. The molecule has 1 heteroatoms. The maximum absolute atomic E-state index is 3.53.